The van der Waals surface area contributed by atoms with Gasteiger partial charge in [0.15, 0.2) is 0 Å². The van der Waals surface area contributed by atoms with Crippen molar-refractivity contribution in [3.8, 4) is 0 Å². The zero-order valence-electron chi connectivity index (χ0n) is 23.3. The Morgan fingerprint density at radius 2 is 1.60 bits per heavy atom. The number of para-hydroxylation sites is 1. The highest BCUT2D eigenvalue weighted by Crippen LogP contribution is 2.29. The quantitative estimate of drug-likeness (QED) is 0.312. The van der Waals surface area contributed by atoms with Crippen molar-refractivity contribution in [1.29, 1.82) is 0 Å². The molecule has 0 spiro atoms. The minimum atomic E-state index is -0.422. The number of fused-ring (bicyclic) bond motifs is 2. The molecule has 3 aromatic heterocycles. The summed E-state index contributed by atoms with van der Waals surface area (Å²) in [7, 11) is 0. The number of aromatic nitrogens is 4. The van der Waals surface area contributed by atoms with E-state index in [1.807, 2.05) is 18.2 Å². The first-order valence-corrected chi connectivity index (χ1v) is 14.5. The number of hydrogen-bond donors (Lipinski definition) is 1. The Labute approximate surface area is 242 Å². The monoisotopic (exact) mass is 563 g/mol. The van der Waals surface area contributed by atoms with E-state index in [4.69, 9.17) is 0 Å². The van der Waals surface area contributed by atoms with E-state index in [0.29, 0.717) is 35.3 Å². The summed E-state index contributed by atoms with van der Waals surface area (Å²) < 4.78 is 4.30. The summed E-state index contributed by atoms with van der Waals surface area (Å²) in [6.45, 7) is 0.961. The number of nitrogens with zero attached hydrogens (tertiary/aromatic N) is 4. The lowest BCUT2D eigenvalue weighted by molar-refractivity contribution is -0.126. The normalized spacial score (nSPS) is 17.0. The van der Waals surface area contributed by atoms with Crippen molar-refractivity contribution >= 4 is 22.5 Å². The number of nitrogens with one attached hydrogen (secondary N) is 1. The van der Waals surface area contributed by atoms with E-state index in [-0.39, 0.29) is 35.4 Å². The van der Waals surface area contributed by atoms with Crippen LogP contribution in [0.2, 0.25) is 0 Å². The smallest absolute Gasteiger partial charge is 0.331 e. The molecule has 1 amide bonds. The minimum absolute atomic E-state index is 0.0554. The molecule has 1 N–H and O–H groups in total. The van der Waals surface area contributed by atoms with Gasteiger partial charge in [-0.05, 0) is 67.9 Å². The molecule has 0 radical (unpaired) electrons. The largest absolute Gasteiger partial charge is 0.356 e. The molecule has 2 aromatic carbocycles. The molecule has 1 fully saturated rings. The highest BCUT2D eigenvalue weighted by Gasteiger charge is 2.27. The van der Waals surface area contributed by atoms with Crippen molar-refractivity contribution in [2.45, 2.75) is 45.2 Å². The summed E-state index contributed by atoms with van der Waals surface area (Å²) in [5.41, 5.74) is 1.66. The van der Waals surface area contributed by atoms with Gasteiger partial charge in [-0.1, -0.05) is 48.5 Å². The van der Waals surface area contributed by atoms with Gasteiger partial charge in [0.2, 0.25) is 5.91 Å². The van der Waals surface area contributed by atoms with Gasteiger partial charge < -0.3 is 5.32 Å². The molecular weight excluding hydrogens is 530 g/mol. The molecule has 9 heteroatoms. The van der Waals surface area contributed by atoms with Crippen LogP contribution in [0, 0.1) is 11.8 Å². The van der Waals surface area contributed by atoms with E-state index in [1.165, 1.54) is 25.2 Å². The summed E-state index contributed by atoms with van der Waals surface area (Å²) in [6.07, 6.45) is 5.42. The van der Waals surface area contributed by atoms with E-state index >= 15 is 0 Å². The van der Waals surface area contributed by atoms with E-state index in [1.54, 1.807) is 48.7 Å². The number of benzene rings is 2. The van der Waals surface area contributed by atoms with Gasteiger partial charge in [0.05, 0.1) is 23.1 Å². The second-order valence-electron chi connectivity index (χ2n) is 11.1. The third kappa shape index (κ3) is 5.68. The summed E-state index contributed by atoms with van der Waals surface area (Å²) in [5.74, 6) is 0.135. The number of rotatable bonds is 8. The topological polar surface area (TPSA) is 107 Å². The molecule has 1 saturated carbocycles. The third-order valence-corrected chi connectivity index (χ3v) is 8.29. The van der Waals surface area contributed by atoms with Gasteiger partial charge in [0, 0.05) is 31.3 Å². The van der Waals surface area contributed by atoms with Gasteiger partial charge in [0.1, 0.15) is 5.65 Å². The maximum Gasteiger partial charge on any atom is 0.331 e. The van der Waals surface area contributed by atoms with Crippen molar-refractivity contribution in [2.24, 2.45) is 11.8 Å². The van der Waals surface area contributed by atoms with E-state index in [2.05, 4.69) is 22.4 Å². The van der Waals surface area contributed by atoms with Crippen molar-refractivity contribution < 1.29 is 4.79 Å². The Hall–Kier alpha value is -4.79. The third-order valence-electron chi connectivity index (χ3n) is 8.29. The highest BCUT2D eigenvalue weighted by molar-refractivity contribution is 5.79. The molecule has 0 atom stereocenters. The van der Waals surface area contributed by atoms with Crippen LogP contribution in [-0.4, -0.2) is 31.0 Å². The highest BCUT2D eigenvalue weighted by atomic mass is 16.2. The van der Waals surface area contributed by atoms with Crippen LogP contribution in [0.5, 0.6) is 0 Å². The van der Waals surface area contributed by atoms with Crippen LogP contribution >= 0.6 is 0 Å². The van der Waals surface area contributed by atoms with Crippen LogP contribution in [0.15, 0.2) is 99.4 Å². The molecule has 0 saturated heterocycles. The average Bonchev–Trinajstić information content (AvgIpc) is 3.02. The number of hydrogen-bond acceptors (Lipinski definition) is 5. The maximum absolute atomic E-state index is 13.8. The first-order chi connectivity index (χ1) is 20.5. The Morgan fingerprint density at radius 3 is 2.40 bits per heavy atom. The number of pyridine rings is 1. The van der Waals surface area contributed by atoms with Crippen molar-refractivity contribution in [1.82, 2.24) is 23.8 Å². The van der Waals surface area contributed by atoms with Gasteiger partial charge in [0.25, 0.3) is 11.1 Å². The molecule has 1 aliphatic rings. The number of carbonyl (C=O) groups is 1. The lowest BCUT2D eigenvalue weighted by Gasteiger charge is -2.28. The van der Waals surface area contributed by atoms with E-state index < -0.39 is 5.69 Å². The van der Waals surface area contributed by atoms with Gasteiger partial charge in [-0.2, -0.15) is 0 Å². The Kier molecular flexibility index (Phi) is 7.81. The van der Waals surface area contributed by atoms with Crippen molar-refractivity contribution in [3.63, 3.8) is 0 Å². The van der Waals surface area contributed by atoms with Gasteiger partial charge in [-0.3, -0.25) is 27.9 Å². The summed E-state index contributed by atoms with van der Waals surface area (Å²) in [4.78, 5) is 57.3. The minimum Gasteiger partial charge on any atom is -0.356 e. The van der Waals surface area contributed by atoms with Gasteiger partial charge in [-0.15, -0.1) is 0 Å². The Balaban J connectivity index is 1.18. The first kappa shape index (κ1) is 27.4. The molecule has 9 nitrogen and oxygen atoms in total. The van der Waals surface area contributed by atoms with E-state index in [9.17, 15) is 19.2 Å². The molecule has 6 rings (SSSR count). The second kappa shape index (κ2) is 12.0. The summed E-state index contributed by atoms with van der Waals surface area (Å²) in [5, 5.41) is 3.52. The fourth-order valence-electron chi connectivity index (χ4n) is 6.02. The van der Waals surface area contributed by atoms with Crippen LogP contribution in [0.4, 0.5) is 0 Å². The maximum atomic E-state index is 13.8. The SMILES string of the molecule is O=C(NCCc1ccccc1)C1CCC(Cn2c(=O)c3ccccc3n(Cc3cc(=O)n4ccccc4n3)c2=O)CC1. The van der Waals surface area contributed by atoms with Crippen LogP contribution in [0.25, 0.3) is 16.6 Å². The number of amides is 1. The molecule has 0 bridgehead atoms. The summed E-state index contributed by atoms with van der Waals surface area (Å²) >= 11 is 0. The second-order valence-corrected chi connectivity index (χ2v) is 11.1. The molecule has 1 aliphatic carbocycles. The summed E-state index contributed by atoms with van der Waals surface area (Å²) in [6, 6.07) is 23.9. The van der Waals surface area contributed by atoms with Crippen LogP contribution in [0.3, 0.4) is 0 Å². The molecule has 214 valence electrons. The van der Waals surface area contributed by atoms with Crippen LogP contribution in [0.1, 0.15) is 36.9 Å². The first-order valence-electron chi connectivity index (χ1n) is 14.5. The fourth-order valence-corrected chi connectivity index (χ4v) is 6.02. The lowest BCUT2D eigenvalue weighted by atomic mass is 9.81. The zero-order chi connectivity index (χ0) is 29.1. The van der Waals surface area contributed by atoms with Crippen LogP contribution in [-0.2, 0) is 24.3 Å². The van der Waals surface area contributed by atoms with Crippen LogP contribution < -0.4 is 22.1 Å². The number of carbonyl (C=O) groups excluding carboxylic acids is 1. The molecule has 5 aromatic rings. The standard InChI is InChI=1S/C33H33N5O4/c39-30-20-26(35-29-12-6-7-19-36(29)30)22-37-28-11-5-4-10-27(28)32(41)38(33(37)42)21-24-13-15-25(16-14-24)31(40)34-18-17-23-8-2-1-3-9-23/h1-12,19-20,24-25H,13-18,21-22H2,(H,34,40). The predicted molar refractivity (Wildman–Crippen MR) is 162 cm³/mol. The molecule has 3 heterocycles. The average molecular weight is 564 g/mol. The predicted octanol–water partition coefficient (Wildman–Crippen LogP) is 3.38. The van der Waals surface area contributed by atoms with Gasteiger partial charge >= 0.3 is 5.69 Å². The van der Waals surface area contributed by atoms with E-state index in [0.717, 1.165) is 32.1 Å². The molecule has 42 heavy (non-hydrogen) atoms. The molecular formula is C33H33N5O4. The van der Waals surface area contributed by atoms with Crippen molar-refractivity contribution in [3.05, 3.63) is 128 Å². The molecule has 0 aliphatic heterocycles. The van der Waals surface area contributed by atoms with Crippen molar-refractivity contribution in [2.75, 3.05) is 6.54 Å². The Morgan fingerprint density at radius 1 is 0.857 bits per heavy atom. The Bertz CT molecular complexity index is 1920. The lowest BCUT2D eigenvalue weighted by Crippen LogP contribution is -2.42. The fraction of sp³-hybridized carbons (Fsp3) is 0.303. The van der Waals surface area contributed by atoms with Gasteiger partial charge in [-0.25, -0.2) is 9.78 Å². The zero-order valence-corrected chi connectivity index (χ0v) is 23.3. The molecule has 0 unspecified atom stereocenters.